The van der Waals surface area contributed by atoms with Crippen LogP contribution in [-0.2, 0) is 0 Å². The molecule has 2 aromatic heterocycles. The molecule has 0 aliphatic rings. The molecule has 0 aromatic carbocycles. The van der Waals surface area contributed by atoms with Crippen LogP contribution in [-0.4, -0.2) is 30.9 Å². The van der Waals surface area contributed by atoms with Gasteiger partial charge >= 0.3 is 5.97 Å². The third kappa shape index (κ3) is 1.12. The number of nitrogens with zero attached hydrogens (tertiary/aromatic N) is 4. The lowest BCUT2D eigenvalue weighted by Gasteiger charge is -1.91. The predicted molar refractivity (Wildman–Crippen MR) is 42.5 cm³/mol. The molecule has 2 heterocycles. The van der Waals surface area contributed by atoms with E-state index in [4.69, 9.17) is 5.11 Å². The summed E-state index contributed by atoms with van der Waals surface area (Å²) in [4.78, 5) is 10.6. The van der Waals surface area contributed by atoms with Crippen molar-refractivity contribution in [1.29, 1.82) is 0 Å². The quantitative estimate of drug-likeness (QED) is 0.671. The summed E-state index contributed by atoms with van der Waals surface area (Å²) in [5.74, 6) is -1.05. The van der Waals surface area contributed by atoms with Crippen LogP contribution in [0.3, 0.4) is 0 Å². The van der Waals surface area contributed by atoms with Crippen LogP contribution in [0.25, 0.3) is 5.52 Å². The molecule has 0 atom stereocenters. The zero-order valence-electron chi connectivity index (χ0n) is 6.80. The lowest BCUT2D eigenvalue weighted by Crippen LogP contribution is -1.98. The van der Waals surface area contributed by atoms with Gasteiger partial charge in [0, 0.05) is 6.07 Å². The Hall–Kier alpha value is -1.98. The van der Waals surface area contributed by atoms with Crippen LogP contribution in [0.15, 0.2) is 12.4 Å². The van der Waals surface area contributed by atoms with Crippen LogP contribution in [0, 0.1) is 6.92 Å². The van der Waals surface area contributed by atoms with Gasteiger partial charge in [-0.15, -0.1) is 5.10 Å². The van der Waals surface area contributed by atoms with Gasteiger partial charge in [0.25, 0.3) is 0 Å². The summed E-state index contributed by atoms with van der Waals surface area (Å²) in [6.07, 6.45) is 1.37. The summed E-state index contributed by atoms with van der Waals surface area (Å²) < 4.78 is 1.39. The van der Waals surface area contributed by atoms with Crippen molar-refractivity contribution in [2.45, 2.75) is 6.92 Å². The highest BCUT2D eigenvalue weighted by Crippen LogP contribution is 2.07. The Bertz CT molecular complexity index is 476. The Morgan fingerprint density at radius 1 is 1.62 bits per heavy atom. The summed E-state index contributed by atoms with van der Waals surface area (Å²) in [5.41, 5.74) is 1.31. The van der Waals surface area contributed by atoms with Gasteiger partial charge in [-0.25, -0.2) is 9.31 Å². The number of carboxylic acid groups (broad SMARTS) is 1. The Balaban J connectivity index is 2.75. The van der Waals surface area contributed by atoms with E-state index in [1.54, 1.807) is 6.92 Å². The molecule has 1 N–H and O–H groups in total. The van der Waals surface area contributed by atoms with Gasteiger partial charge in [0.05, 0.1) is 11.2 Å². The maximum Gasteiger partial charge on any atom is 0.356 e. The van der Waals surface area contributed by atoms with E-state index in [2.05, 4.69) is 15.3 Å². The SMILES string of the molecule is Cc1nncn2nc(C(=O)O)cc12. The molecule has 0 unspecified atom stereocenters. The second-order valence-electron chi connectivity index (χ2n) is 2.58. The molecule has 6 nitrogen and oxygen atoms in total. The maximum absolute atomic E-state index is 10.6. The summed E-state index contributed by atoms with van der Waals surface area (Å²) in [6.45, 7) is 1.75. The van der Waals surface area contributed by atoms with Gasteiger partial charge in [0.1, 0.15) is 6.33 Å². The zero-order chi connectivity index (χ0) is 9.42. The minimum Gasteiger partial charge on any atom is -0.476 e. The molecule has 0 amide bonds. The second kappa shape index (κ2) is 2.51. The van der Waals surface area contributed by atoms with E-state index in [1.807, 2.05) is 0 Å². The Morgan fingerprint density at radius 2 is 2.38 bits per heavy atom. The largest absolute Gasteiger partial charge is 0.476 e. The van der Waals surface area contributed by atoms with Crippen molar-refractivity contribution in [1.82, 2.24) is 19.8 Å². The maximum atomic E-state index is 10.6. The Morgan fingerprint density at radius 3 is 3.00 bits per heavy atom. The van der Waals surface area contributed by atoms with E-state index in [1.165, 1.54) is 16.9 Å². The van der Waals surface area contributed by atoms with Gasteiger partial charge in [-0.3, -0.25) is 0 Å². The van der Waals surface area contributed by atoms with Gasteiger partial charge in [0.2, 0.25) is 0 Å². The van der Waals surface area contributed by atoms with Crippen LogP contribution in [0.2, 0.25) is 0 Å². The Labute approximate surface area is 72.8 Å². The number of rotatable bonds is 1. The first-order chi connectivity index (χ1) is 6.18. The molecule has 0 fully saturated rings. The molecule has 0 aliphatic carbocycles. The summed E-state index contributed by atoms with van der Waals surface area (Å²) >= 11 is 0. The first-order valence-corrected chi connectivity index (χ1v) is 3.59. The van der Waals surface area contributed by atoms with Crippen LogP contribution in [0.5, 0.6) is 0 Å². The van der Waals surface area contributed by atoms with Gasteiger partial charge in [0.15, 0.2) is 5.69 Å². The highest BCUT2D eigenvalue weighted by atomic mass is 16.4. The molecular formula is C7H6N4O2. The summed E-state index contributed by atoms with van der Waals surface area (Å²) in [5, 5.41) is 19.9. The second-order valence-corrected chi connectivity index (χ2v) is 2.58. The standard InChI is InChI=1S/C7H6N4O2/c1-4-6-2-5(7(12)13)10-11(6)3-8-9-4/h2-3H,1H3,(H,12,13). The van der Waals surface area contributed by atoms with Crippen LogP contribution in [0.4, 0.5) is 0 Å². The molecule has 0 radical (unpaired) electrons. The molecule has 2 rings (SSSR count). The fourth-order valence-electron chi connectivity index (χ4n) is 1.07. The molecule has 66 valence electrons. The zero-order valence-corrected chi connectivity index (χ0v) is 6.80. The number of carbonyl (C=O) groups is 1. The fourth-order valence-corrected chi connectivity index (χ4v) is 1.07. The summed E-state index contributed by atoms with van der Waals surface area (Å²) in [6, 6.07) is 1.46. The van der Waals surface area contributed by atoms with E-state index in [-0.39, 0.29) is 5.69 Å². The van der Waals surface area contributed by atoms with E-state index in [0.717, 1.165) is 0 Å². The number of aromatic nitrogens is 4. The van der Waals surface area contributed by atoms with Gasteiger partial charge < -0.3 is 5.11 Å². The van der Waals surface area contributed by atoms with Crippen LogP contribution < -0.4 is 0 Å². The van der Waals surface area contributed by atoms with Crippen molar-refractivity contribution in [2.24, 2.45) is 0 Å². The number of carboxylic acids is 1. The minimum atomic E-state index is -1.05. The van der Waals surface area contributed by atoms with E-state index >= 15 is 0 Å². The normalized spacial score (nSPS) is 10.5. The van der Waals surface area contributed by atoms with Crippen LogP contribution in [0.1, 0.15) is 16.2 Å². The van der Waals surface area contributed by atoms with Gasteiger partial charge in [-0.1, -0.05) is 0 Å². The predicted octanol–water partition coefficient (Wildman–Crippen LogP) is 0.131. The number of hydrogen-bond acceptors (Lipinski definition) is 4. The molecule has 0 saturated carbocycles. The van der Waals surface area contributed by atoms with E-state index in [0.29, 0.717) is 11.2 Å². The molecule has 0 spiro atoms. The highest BCUT2D eigenvalue weighted by molar-refractivity contribution is 5.87. The number of hydrogen-bond donors (Lipinski definition) is 1. The number of aryl methyl sites for hydroxylation is 1. The monoisotopic (exact) mass is 178 g/mol. The number of fused-ring (bicyclic) bond motifs is 1. The first kappa shape index (κ1) is 7.66. The topological polar surface area (TPSA) is 80.4 Å². The van der Waals surface area contributed by atoms with Crippen molar-refractivity contribution in [2.75, 3.05) is 0 Å². The van der Waals surface area contributed by atoms with Crippen molar-refractivity contribution in [3.63, 3.8) is 0 Å². The van der Waals surface area contributed by atoms with E-state index < -0.39 is 5.97 Å². The smallest absolute Gasteiger partial charge is 0.356 e. The molecule has 13 heavy (non-hydrogen) atoms. The minimum absolute atomic E-state index is 0.00194. The average molecular weight is 178 g/mol. The first-order valence-electron chi connectivity index (χ1n) is 3.59. The lowest BCUT2D eigenvalue weighted by molar-refractivity contribution is 0.0690. The van der Waals surface area contributed by atoms with Crippen molar-refractivity contribution >= 4 is 11.5 Å². The van der Waals surface area contributed by atoms with Gasteiger partial charge in [-0.2, -0.15) is 10.2 Å². The average Bonchev–Trinajstić information content (AvgIpc) is 2.49. The van der Waals surface area contributed by atoms with Crippen molar-refractivity contribution in [3.05, 3.63) is 23.8 Å². The van der Waals surface area contributed by atoms with Crippen LogP contribution >= 0.6 is 0 Å². The van der Waals surface area contributed by atoms with Gasteiger partial charge in [-0.05, 0) is 6.92 Å². The fraction of sp³-hybridized carbons (Fsp3) is 0.143. The molecule has 6 heteroatoms. The lowest BCUT2D eigenvalue weighted by atomic mass is 10.3. The number of aromatic carboxylic acids is 1. The highest BCUT2D eigenvalue weighted by Gasteiger charge is 2.10. The molecule has 0 saturated heterocycles. The summed E-state index contributed by atoms with van der Waals surface area (Å²) in [7, 11) is 0. The Kier molecular flexibility index (Phi) is 1.48. The third-order valence-electron chi connectivity index (χ3n) is 1.69. The van der Waals surface area contributed by atoms with E-state index in [9.17, 15) is 4.79 Å². The molecule has 2 aromatic rings. The van der Waals surface area contributed by atoms with Crippen molar-refractivity contribution in [3.8, 4) is 0 Å². The molecule has 0 aliphatic heterocycles. The third-order valence-corrected chi connectivity index (χ3v) is 1.69. The molecular weight excluding hydrogens is 172 g/mol. The van der Waals surface area contributed by atoms with Crippen molar-refractivity contribution < 1.29 is 9.90 Å². The molecule has 0 bridgehead atoms.